The zero-order valence-electron chi connectivity index (χ0n) is 12.4. The number of amides is 1. The lowest BCUT2D eigenvalue weighted by Crippen LogP contribution is -2.31. The molecular weight excluding hydrogens is 304 g/mol. The Labute approximate surface area is 129 Å². The van der Waals surface area contributed by atoms with Crippen molar-refractivity contribution in [2.75, 3.05) is 18.1 Å². The van der Waals surface area contributed by atoms with Crippen LogP contribution in [0.15, 0.2) is 52.0 Å². The third-order valence-electron chi connectivity index (χ3n) is 3.06. The largest absolute Gasteiger partial charge is 0.467 e. The lowest BCUT2D eigenvalue weighted by atomic mass is 10.2. The molecule has 0 aliphatic rings. The van der Waals surface area contributed by atoms with Crippen LogP contribution in [0.4, 0.5) is 5.69 Å². The number of carbonyl (C=O) groups is 1. The molecule has 1 heterocycles. The molecule has 22 heavy (non-hydrogen) atoms. The van der Waals surface area contributed by atoms with E-state index in [-0.39, 0.29) is 23.4 Å². The van der Waals surface area contributed by atoms with Gasteiger partial charge in [-0.25, -0.2) is 8.42 Å². The number of benzene rings is 1. The second-order valence-electron chi connectivity index (χ2n) is 4.96. The molecule has 0 saturated carbocycles. The standard InChI is InChI=1S/C15H18N2O4S/c1-11(14-7-4-8-21-14)17-15(18)10-16-12-5-3-6-13(9-12)22(2,19)20/h3-9,11,16H,10H2,1-2H3,(H,17,18). The highest BCUT2D eigenvalue weighted by molar-refractivity contribution is 7.90. The number of hydrogen-bond donors (Lipinski definition) is 2. The van der Waals surface area contributed by atoms with Gasteiger partial charge in [-0.3, -0.25) is 4.79 Å². The molecule has 0 bridgehead atoms. The van der Waals surface area contributed by atoms with Crippen molar-refractivity contribution in [2.45, 2.75) is 17.9 Å². The number of carbonyl (C=O) groups excluding carboxylic acids is 1. The van der Waals surface area contributed by atoms with E-state index in [1.807, 2.05) is 6.92 Å². The van der Waals surface area contributed by atoms with Crippen molar-refractivity contribution < 1.29 is 17.6 Å². The summed E-state index contributed by atoms with van der Waals surface area (Å²) in [6.45, 7) is 1.86. The monoisotopic (exact) mass is 322 g/mol. The van der Waals surface area contributed by atoms with Gasteiger partial charge in [0.05, 0.1) is 23.7 Å². The molecule has 0 aliphatic heterocycles. The average molecular weight is 322 g/mol. The molecule has 0 radical (unpaired) electrons. The average Bonchev–Trinajstić information content (AvgIpc) is 2.99. The fraction of sp³-hybridized carbons (Fsp3) is 0.267. The highest BCUT2D eigenvalue weighted by atomic mass is 32.2. The van der Waals surface area contributed by atoms with Crippen LogP contribution in [0.1, 0.15) is 18.7 Å². The Kier molecular flexibility index (Phi) is 4.87. The van der Waals surface area contributed by atoms with E-state index in [4.69, 9.17) is 4.42 Å². The van der Waals surface area contributed by atoms with Crippen LogP contribution in [-0.2, 0) is 14.6 Å². The molecule has 0 aliphatic carbocycles. The van der Waals surface area contributed by atoms with E-state index < -0.39 is 9.84 Å². The summed E-state index contributed by atoms with van der Waals surface area (Å²) < 4.78 is 28.2. The Morgan fingerprint density at radius 2 is 2.05 bits per heavy atom. The first-order valence-electron chi connectivity index (χ1n) is 6.73. The van der Waals surface area contributed by atoms with E-state index in [0.29, 0.717) is 11.4 Å². The minimum atomic E-state index is -3.27. The van der Waals surface area contributed by atoms with Crippen LogP contribution in [-0.4, -0.2) is 27.1 Å². The quantitative estimate of drug-likeness (QED) is 0.849. The number of anilines is 1. The van der Waals surface area contributed by atoms with Gasteiger partial charge in [0.15, 0.2) is 9.84 Å². The molecule has 2 rings (SSSR count). The van der Waals surface area contributed by atoms with E-state index in [2.05, 4.69) is 10.6 Å². The second kappa shape index (κ2) is 6.65. The summed E-state index contributed by atoms with van der Waals surface area (Å²) in [5.41, 5.74) is 0.573. The van der Waals surface area contributed by atoms with E-state index in [0.717, 1.165) is 6.26 Å². The van der Waals surface area contributed by atoms with E-state index in [9.17, 15) is 13.2 Å². The maximum absolute atomic E-state index is 11.9. The minimum absolute atomic E-state index is 0.0399. The van der Waals surface area contributed by atoms with Gasteiger partial charge in [-0.05, 0) is 37.3 Å². The highest BCUT2D eigenvalue weighted by Gasteiger charge is 2.12. The van der Waals surface area contributed by atoms with Crippen LogP contribution >= 0.6 is 0 Å². The lowest BCUT2D eigenvalue weighted by molar-refractivity contribution is -0.120. The Morgan fingerprint density at radius 1 is 1.27 bits per heavy atom. The van der Waals surface area contributed by atoms with Gasteiger partial charge in [0.2, 0.25) is 5.91 Å². The predicted molar refractivity (Wildman–Crippen MR) is 83.3 cm³/mol. The van der Waals surface area contributed by atoms with E-state index >= 15 is 0 Å². The molecule has 118 valence electrons. The molecule has 1 aromatic carbocycles. The molecule has 1 atom stereocenters. The lowest BCUT2D eigenvalue weighted by Gasteiger charge is -2.12. The second-order valence-corrected chi connectivity index (χ2v) is 6.97. The molecule has 2 aromatic rings. The van der Waals surface area contributed by atoms with Crippen LogP contribution in [0.3, 0.4) is 0 Å². The summed E-state index contributed by atoms with van der Waals surface area (Å²) in [5.74, 6) is 0.459. The van der Waals surface area contributed by atoms with Gasteiger partial charge in [-0.15, -0.1) is 0 Å². The van der Waals surface area contributed by atoms with Crippen molar-refractivity contribution in [2.24, 2.45) is 0 Å². The third kappa shape index (κ3) is 4.36. The molecule has 1 amide bonds. The van der Waals surface area contributed by atoms with Gasteiger partial charge >= 0.3 is 0 Å². The van der Waals surface area contributed by atoms with Crippen molar-refractivity contribution in [3.63, 3.8) is 0 Å². The first kappa shape index (κ1) is 16.1. The van der Waals surface area contributed by atoms with Gasteiger partial charge in [0.25, 0.3) is 0 Å². The Balaban J connectivity index is 1.91. The van der Waals surface area contributed by atoms with Crippen LogP contribution in [0, 0.1) is 0 Å². The van der Waals surface area contributed by atoms with Gasteiger partial charge < -0.3 is 15.1 Å². The first-order chi connectivity index (χ1) is 10.4. The molecule has 1 aromatic heterocycles. The normalized spacial score (nSPS) is 12.6. The fourth-order valence-corrected chi connectivity index (χ4v) is 2.59. The molecule has 7 heteroatoms. The van der Waals surface area contributed by atoms with Gasteiger partial charge in [-0.1, -0.05) is 6.07 Å². The van der Waals surface area contributed by atoms with Gasteiger partial charge in [0.1, 0.15) is 5.76 Å². The summed E-state index contributed by atoms with van der Waals surface area (Å²) in [6.07, 6.45) is 2.69. The van der Waals surface area contributed by atoms with Crippen LogP contribution in [0.2, 0.25) is 0 Å². The van der Waals surface area contributed by atoms with Crippen molar-refractivity contribution in [3.8, 4) is 0 Å². The van der Waals surface area contributed by atoms with Crippen molar-refractivity contribution in [3.05, 3.63) is 48.4 Å². The molecule has 0 saturated heterocycles. The van der Waals surface area contributed by atoms with Gasteiger partial charge in [0, 0.05) is 11.9 Å². The highest BCUT2D eigenvalue weighted by Crippen LogP contribution is 2.15. The molecular formula is C15H18N2O4S. The van der Waals surface area contributed by atoms with Crippen LogP contribution < -0.4 is 10.6 Å². The maximum Gasteiger partial charge on any atom is 0.239 e. The van der Waals surface area contributed by atoms with E-state index in [1.54, 1.807) is 30.5 Å². The number of furan rings is 1. The molecule has 2 N–H and O–H groups in total. The van der Waals surface area contributed by atoms with Crippen molar-refractivity contribution >= 4 is 21.4 Å². The molecule has 0 spiro atoms. The van der Waals surface area contributed by atoms with Gasteiger partial charge in [-0.2, -0.15) is 0 Å². The van der Waals surface area contributed by atoms with Crippen LogP contribution in [0.25, 0.3) is 0 Å². The summed E-state index contributed by atoms with van der Waals surface area (Å²) in [5, 5.41) is 5.68. The Hall–Kier alpha value is -2.28. The number of hydrogen-bond acceptors (Lipinski definition) is 5. The predicted octanol–water partition coefficient (Wildman–Crippen LogP) is 1.97. The summed E-state index contributed by atoms with van der Waals surface area (Å²) in [6, 6.07) is 9.66. The third-order valence-corrected chi connectivity index (χ3v) is 4.17. The topological polar surface area (TPSA) is 88.4 Å². The minimum Gasteiger partial charge on any atom is -0.467 e. The summed E-state index contributed by atoms with van der Waals surface area (Å²) in [4.78, 5) is 12.1. The molecule has 0 fully saturated rings. The molecule has 6 nitrogen and oxygen atoms in total. The number of rotatable bonds is 6. The van der Waals surface area contributed by atoms with Crippen molar-refractivity contribution in [1.82, 2.24) is 5.32 Å². The Bertz CT molecular complexity index is 739. The first-order valence-corrected chi connectivity index (χ1v) is 8.62. The number of nitrogens with one attached hydrogen (secondary N) is 2. The summed E-state index contributed by atoms with van der Waals surface area (Å²) in [7, 11) is -3.27. The van der Waals surface area contributed by atoms with E-state index in [1.165, 1.54) is 12.1 Å². The summed E-state index contributed by atoms with van der Waals surface area (Å²) >= 11 is 0. The van der Waals surface area contributed by atoms with Crippen LogP contribution in [0.5, 0.6) is 0 Å². The maximum atomic E-state index is 11.9. The Morgan fingerprint density at radius 3 is 2.68 bits per heavy atom. The molecule has 1 unspecified atom stereocenters. The zero-order chi connectivity index (χ0) is 16.2. The smallest absolute Gasteiger partial charge is 0.239 e. The SMILES string of the molecule is CC(NC(=O)CNc1cccc(S(C)(=O)=O)c1)c1ccco1. The zero-order valence-corrected chi connectivity index (χ0v) is 13.2. The number of sulfone groups is 1. The van der Waals surface area contributed by atoms with Crippen molar-refractivity contribution in [1.29, 1.82) is 0 Å². The fourth-order valence-electron chi connectivity index (χ4n) is 1.92.